The zero-order valence-electron chi connectivity index (χ0n) is 24.0. The molecule has 0 radical (unpaired) electrons. The van der Waals surface area contributed by atoms with E-state index < -0.39 is 0 Å². The van der Waals surface area contributed by atoms with E-state index in [1.54, 1.807) is 6.20 Å². The van der Waals surface area contributed by atoms with Crippen LogP contribution in [-0.4, -0.2) is 40.6 Å². The fraction of sp³-hybridized carbons (Fsp3) is 0.216. The summed E-state index contributed by atoms with van der Waals surface area (Å²) in [6, 6.07) is 37.0. The SMILES string of the molecule is N#Cc1nccc(NC2CCN(Cc3ccc(-c4ccc5c(c4-c4ccccc4)CCOc4ccccc4-5)cc3)CC2)n1. The number of nitrogens with zero attached hydrogens (tertiary/aromatic N) is 4. The van der Waals surface area contributed by atoms with Crippen molar-refractivity contribution in [2.45, 2.75) is 31.8 Å². The highest BCUT2D eigenvalue weighted by atomic mass is 16.5. The van der Waals surface area contributed by atoms with Gasteiger partial charge in [0, 0.05) is 43.9 Å². The van der Waals surface area contributed by atoms with E-state index in [9.17, 15) is 0 Å². The number of rotatable bonds is 6. The molecule has 3 heterocycles. The van der Waals surface area contributed by atoms with Gasteiger partial charge in [-0.3, -0.25) is 4.90 Å². The summed E-state index contributed by atoms with van der Waals surface area (Å²) in [5, 5.41) is 12.5. The maximum Gasteiger partial charge on any atom is 0.234 e. The minimum Gasteiger partial charge on any atom is -0.493 e. The lowest BCUT2D eigenvalue weighted by Gasteiger charge is -2.32. The number of fused-ring (bicyclic) bond motifs is 3. The van der Waals surface area contributed by atoms with Gasteiger partial charge < -0.3 is 10.1 Å². The molecule has 0 atom stereocenters. The Morgan fingerprint density at radius 1 is 0.814 bits per heavy atom. The molecule has 6 heteroatoms. The normalized spacial score (nSPS) is 15.0. The Bertz CT molecular complexity index is 1770. The summed E-state index contributed by atoms with van der Waals surface area (Å²) in [6.07, 6.45) is 4.56. The van der Waals surface area contributed by atoms with Crippen LogP contribution in [0.1, 0.15) is 29.8 Å². The molecule has 4 aromatic carbocycles. The average molecular weight is 564 g/mol. The summed E-state index contributed by atoms with van der Waals surface area (Å²) < 4.78 is 6.18. The molecule has 5 aromatic rings. The lowest BCUT2D eigenvalue weighted by atomic mass is 9.84. The molecule has 0 aliphatic carbocycles. The number of para-hydroxylation sites is 1. The minimum absolute atomic E-state index is 0.201. The Hall–Kier alpha value is -4.99. The third kappa shape index (κ3) is 5.73. The van der Waals surface area contributed by atoms with Crippen molar-refractivity contribution in [3.05, 3.63) is 120 Å². The number of likely N-dealkylation sites (tertiary alicyclic amines) is 1. The molecule has 0 saturated carbocycles. The first-order chi connectivity index (χ1) is 21.2. The van der Waals surface area contributed by atoms with E-state index in [2.05, 4.69) is 105 Å². The van der Waals surface area contributed by atoms with Gasteiger partial charge in [-0.05, 0) is 63.9 Å². The van der Waals surface area contributed by atoms with E-state index in [-0.39, 0.29) is 5.82 Å². The number of anilines is 1. The van der Waals surface area contributed by atoms with Crippen molar-refractivity contribution < 1.29 is 4.74 Å². The van der Waals surface area contributed by atoms with Gasteiger partial charge in [0.05, 0.1) is 6.61 Å². The first kappa shape index (κ1) is 26.9. The van der Waals surface area contributed by atoms with Crippen LogP contribution in [0, 0.1) is 11.3 Å². The molecular formula is C37H33N5O. The molecule has 2 aliphatic heterocycles. The molecule has 1 aromatic heterocycles. The minimum atomic E-state index is 0.201. The number of ether oxygens (including phenoxy) is 1. The zero-order chi connectivity index (χ0) is 29.0. The maximum absolute atomic E-state index is 9.07. The number of hydrogen-bond acceptors (Lipinski definition) is 6. The highest BCUT2D eigenvalue weighted by Gasteiger charge is 2.23. The fourth-order valence-corrected chi connectivity index (χ4v) is 6.40. The van der Waals surface area contributed by atoms with Gasteiger partial charge in [-0.15, -0.1) is 0 Å². The predicted molar refractivity (Wildman–Crippen MR) is 171 cm³/mol. The van der Waals surface area contributed by atoms with E-state index in [1.807, 2.05) is 18.2 Å². The van der Waals surface area contributed by atoms with Gasteiger partial charge in [0.1, 0.15) is 17.6 Å². The van der Waals surface area contributed by atoms with Crippen molar-refractivity contribution in [2.24, 2.45) is 0 Å². The van der Waals surface area contributed by atoms with Gasteiger partial charge >= 0.3 is 0 Å². The van der Waals surface area contributed by atoms with Gasteiger partial charge in [-0.1, -0.05) is 84.9 Å². The van der Waals surface area contributed by atoms with Crippen molar-refractivity contribution in [1.82, 2.24) is 14.9 Å². The standard InChI is InChI=1S/C37H33N5O/c38-24-36-39-20-16-35(41-36)40-29-17-21-42(22-18-29)25-26-10-12-27(13-11-26)30-14-15-31-32-8-4-5-9-34(32)43-23-19-33(31)37(30)28-6-2-1-3-7-28/h1-16,20,29H,17-19,21-23,25H2,(H,39,40,41). The van der Waals surface area contributed by atoms with Crippen LogP contribution in [0.25, 0.3) is 33.4 Å². The number of nitrogens with one attached hydrogen (secondary N) is 1. The molecule has 1 saturated heterocycles. The summed E-state index contributed by atoms with van der Waals surface area (Å²) >= 11 is 0. The topological polar surface area (TPSA) is 74.1 Å². The summed E-state index contributed by atoms with van der Waals surface area (Å²) in [6.45, 7) is 3.63. The van der Waals surface area contributed by atoms with Gasteiger partial charge in [-0.2, -0.15) is 5.26 Å². The zero-order valence-corrected chi connectivity index (χ0v) is 24.0. The smallest absolute Gasteiger partial charge is 0.234 e. The van der Waals surface area contributed by atoms with E-state index in [1.165, 1.54) is 38.9 Å². The molecule has 1 N–H and O–H groups in total. The number of piperidine rings is 1. The molecular weight excluding hydrogens is 530 g/mol. The van der Waals surface area contributed by atoms with E-state index >= 15 is 0 Å². The second-order valence-corrected chi connectivity index (χ2v) is 11.2. The number of nitriles is 1. The Labute approximate surface area is 252 Å². The lowest BCUT2D eigenvalue weighted by molar-refractivity contribution is 0.211. The number of benzene rings is 4. The van der Waals surface area contributed by atoms with E-state index in [0.29, 0.717) is 12.6 Å². The van der Waals surface area contributed by atoms with Crippen LogP contribution in [0.5, 0.6) is 5.75 Å². The van der Waals surface area contributed by atoms with Crippen molar-refractivity contribution in [3.63, 3.8) is 0 Å². The highest BCUT2D eigenvalue weighted by molar-refractivity contribution is 5.92. The number of aromatic nitrogens is 2. The first-order valence-corrected chi connectivity index (χ1v) is 15.0. The maximum atomic E-state index is 9.07. The highest BCUT2D eigenvalue weighted by Crippen LogP contribution is 2.44. The van der Waals surface area contributed by atoms with Crippen molar-refractivity contribution in [2.75, 3.05) is 25.0 Å². The van der Waals surface area contributed by atoms with Gasteiger partial charge in [-0.25, -0.2) is 9.97 Å². The lowest BCUT2D eigenvalue weighted by Crippen LogP contribution is -2.38. The summed E-state index contributed by atoms with van der Waals surface area (Å²) in [5.41, 5.74) is 10.1. The third-order valence-electron chi connectivity index (χ3n) is 8.53. The predicted octanol–water partition coefficient (Wildman–Crippen LogP) is 7.36. The average Bonchev–Trinajstić information content (AvgIpc) is 3.26. The van der Waals surface area contributed by atoms with Crippen LogP contribution in [0.3, 0.4) is 0 Å². The van der Waals surface area contributed by atoms with Crippen molar-refractivity contribution >= 4 is 5.82 Å². The van der Waals surface area contributed by atoms with Crippen LogP contribution in [-0.2, 0) is 13.0 Å². The van der Waals surface area contributed by atoms with Crippen molar-refractivity contribution in [3.8, 4) is 45.2 Å². The molecule has 7 rings (SSSR count). The molecule has 0 amide bonds. The third-order valence-corrected chi connectivity index (χ3v) is 8.53. The monoisotopic (exact) mass is 563 g/mol. The van der Waals surface area contributed by atoms with Crippen LogP contribution in [0.4, 0.5) is 5.82 Å². The molecule has 212 valence electrons. The van der Waals surface area contributed by atoms with Crippen LogP contribution < -0.4 is 10.1 Å². The van der Waals surface area contributed by atoms with Crippen molar-refractivity contribution in [1.29, 1.82) is 5.26 Å². The van der Waals surface area contributed by atoms with E-state index in [0.717, 1.165) is 56.0 Å². The summed E-state index contributed by atoms with van der Waals surface area (Å²) in [5.74, 6) is 1.89. The second kappa shape index (κ2) is 12.1. The van der Waals surface area contributed by atoms with Crippen LogP contribution >= 0.6 is 0 Å². The number of hydrogen-bond donors (Lipinski definition) is 1. The first-order valence-electron chi connectivity index (χ1n) is 15.0. The van der Waals surface area contributed by atoms with Crippen LogP contribution in [0.2, 0.25) is 0 Å². The van der Waals surface area contributed by atoms with Crippen LogP contribution in [0.15, 0.2) is 103 Å². The largest absolute Gasteiger partial charge is 0.493 e. The Kier molecular flexibility index (Phi) is 7.56. The van der Waals surface area contributed by atoms with Gasteiger partial charge in [0.25, 0.3) is 0 Å². The molecule has 6 nitrogen and oxygen atoms in total. The van der Waals surface area contributed by atoms with E-state index in [4.69, 9.17) is 10.00 Å². The quantitative estimate of drug-likeness (QED) is 0.233. The molecule has 0 unspecified atom stereocenters. The molecule has 1 fully saturated rings. The second-order valence-electron chi connectivity index (χ2n) is 11.2. The van der Waals surface area contributed by atoms with Gasteiger partial charge in [0.2, 0.25) is 5.82 Å². The Morgan fingerprint density at radius 2 is 1.58 bits per heavy atom. The molecule has 0 spiro atoms. The van der Waals surface area contributed by atoms with Gasteiger partial charge in [0.15, 0.2) is 0 Å². The Morgan fingerprint density at radius 3 is 2.40 bits per heavy atom. The summed E-state index contributed by atoms with van der Waals surface area (Å²) in [4.78, 5) is 10.7. The molecule has 0 bridgehead atoms. The Balaban J connectivity index is 1.10. The molecule has 2 aliphatic rings. The summed E-state index contributed by atoms with van der Waals surface area (Å²) in [7, 11) is 0. The molecule has 43 heavy (non-hydrogen) atoms. The fourth-order valence-electron chi connectivity index (χ4n) is 6.40.